The first kappa shape index (κ1) is 28.7. The molecule has 2 aromatic rings. The topological polar surface area (TPSA) is 295 Å². The van der Waals surface area contributed by atoms with Crippen LogP contribution in [0.25, 0.3) is 11.3 Å². The van der Waals surface area contributed by atoms with E-state index in [1.165, 1.54) is 10.9 Å². The number of nitrogens with zero attached hydrogens (tertiary/aromatic N) is 4. The number of phosphoric ester groups is 1. The summed E-state index contributed by atoms with van der Waals surface area (Å²) in [5.74, 6) is 0. The Labute approximate surface area is 199 Å². The fraction of sp³-hybridized carbons (Fsp3) is 0.538. The number of ether oxygens (including phenoxy) is 1. The van der Waals surface area contributed by atoms with Gasteiger partial charge in [-0.3, -0.25) is 23.6 Å². The molecule has 0 spiro atoms. The number of H-pyrrole nitrogens is 1. The molecule has 7 N–H and O–H groups in total. The number of phosphoric acid groups is 3. The van der Waals surface area contributed by atoms with Gasteiger partial charge in [0.15, 0.2) is 6.23 Å². The Morgan fingerprint density at radius 2 is 1.72 bits per heavy atom. The number of rotatable bonds is 10. The van der Waals surface area contributed by atoms with E-state index in [4.69, 9.17) is 19.4 Å². The lowest BCUT2D eigenvalue weighted by Gasteiger charge is -2.19. The summed E-state index contributed by atoms with van der Waals surface area (Å²) >= 11 is 0. The van der Waals surface area contributed by atoms with Crippen LogP contribution in [0.15, 0.2) is 22.0 Å². The molecule has 0 radical (unpaired) electrons. The Morgan fingerprint density at radius 3 is 2.31 bits per heavy atom. The maximum atomic E-state index is 12.3. The lowest BCUT2D eigenvalue weighted by Crippen LogP contribution is -2.38. The first-order valence-electron chi connectivity index (χ1n) is 9.58. The molecule has 3 heterocycles. The molecule has 3 rings (SSSR count). The minimum Gasteiger partial charge on any atom is -0.387 e. The second-order valence-corrected chi connectivity index (χ2v) is 11.5. The average molecular weight is 579 g/mol. The first-order valence-corrected chi connectivity index (χ1v) is 14.1. The monoisotopic (exact) mass is 579 g/mol. The van der Waals surface area contributed by atoms with Crippen molar-refractivity contribution in [1.29, 1.82) is 0 Å². The molecule has 1 fully saturated rings. The molecule has 1 aliphatic rings. The zero-order valence-corrected chi connectivity index (χ0v) is 20.5. The van der Waals surface area contributed by atoms with Crippen LogP contribution in [0.1, 0.15) is 13.2 Å². The molecule has 20 nitrogen and oxygen atoms in total. The Hall–Kier alpha value is -1.89. The maximum absolute atomic E-state index is 12.3. The molecule has 0 aromatic carbocycles. The number of aliphatic hydroxyl groups is 2. The van der Waals surface area contributed by atoms with Gasteiger partial charge in [0, 0.05) is 12.7 Å². The number of hydrogen-bond acceptors (Lipinski definition) is 13. The van der Waals surface area contributed by atoms with Gasteiger partial charge in [0.1, 0.15) is 24.0 Å². The van der Waals surface area contributed by atoms with Crippen LogP contribution in [0, 0.1) is 0 Å². The number of aromatic nitrogens is 5. The fourth-order valence-corrected chi connectivity index (χ4v) is 6.03. The largest absolute Gasteiger partial charge is 0.490 e. The lowest BCUT2D eigenvalue weighted by atomic mass is 10.1. The van der Waals surface area contributed by atoms with Crippen LogP contribution in [0.4, 0.5) is 0 Å². The summed E-state index contributed by atoms with van der Waals surface area (Å²) < 4.78 is 52.8. The van der Waals surface area contributed by atoms with Crippen molar-refractivity contribution >= 4 is 23.5 Å². The van der Waals surface area contributed by atoms with Gasteiger partial charge in [-0.15, -0.1) is 5.10 Å². The van der Waals surface area contributed by atoms with Crippen molar-refractivity contribution in [2.24, 2.45) is 0 Å². The van der Waals surface area contributed by atoms with Gasteiger partial charge < -0.3 is 34.5 Å². The summed E-state index contributed by atoms with van der Waals surface area (Å²) in [6.45, 7) is 1.10. The zero-order chi connectivity index (χ0) is 27.1. The molecule has 6 atom stereocenters. The molecule has 36 heavy (non-hydrogen) atoms. The van der Waals surface area contributed by atoms with Crippen molar-refractivity contribution in [3.8, 4) is 11.3 Å². The van der Waals surface area contributed by atoms with Gasteiger partial charge >= 0.3 is 29.2 Å². The quantitative estimate of drug-likeness (QED) is 0.147. The van der Waals surface area contributed by atoms with Crippen molar-refractivity contribution < 1.29 is 61.4 Å². The van der Waals surface area contributed by atoms with Crippen LogP contribution in [0.2, 0.25) is 0 Å². The summed E-state index contributed by atoms with van der Waals surface area (Å²) in [5.41, 5.74) is -1.96. The van der Waals surface area contributed by atoms with Gasteiger partial charge in [-0.1, -0.05) is 5.21 Å². The molecule has 2 aromatic heterocycles. The van der Waals surface area contributed by atoms with Gasteiger partial charge in [-0.05, 0) is 6.92 Å². The van der Waals surface area contributed by atoms with E-state index >= 15 is 0 Å². The van der Waals surface area contributed by atoms with Crippen LogP contribution < -0.4 is 11.2 Å². The predicted octanol–water partition coefficient (Wildman–Crippen LogP) is -2.22. The number of nitrogens with one attached hydrogen (secondary N) is 1. The van der Waals surface area contributed by atoms with Gasteiger partial charge in [-0.25, -0.2) is 18.5 Å². The van der Waals surface area contributed by atoms with Gasteiger partial charge in [0.2, 0.25) is 0 Å². The summed E-state index contributed by atoms with van der Waals surface area (Å²) in [5, 5.41) is 28.2. The predicted molar refractivity (Wildman–Crippen MR) is 112 cm³/mol. The lowest BCUT2D eigenvalue weighted by molar-refractivity contribution is -0.0541. The molecule has 202 valence electrons. The average Bonchev–Trinajstić information content (AvgIpc) is 3.30. The van der Waals surface area contributed by atoms with Crippen molar-refractivity contribution in [1.82, 2.24) is 24.5 Å². The first-order chi connectivity index (χ1) is 16.5. The molecule has 0 amide bonds. The molecule has 1 aliphatic heterocycles. The highest BCUT2D eigenvalue weighted by molar-refractivity contribution is 7.66. The van der Waals surface area contributed by atoms with Gasteiger partial charge in [0.05, 0.1) is 18.4 Å². The molecule has 0 aliphatic carbocycles. The van der Waals surface area contributed by atoms with Gasteiger partial charge in [0.25, 0.3) is 5.56 Å². The van der Waals surface area contributed by atoms with E-state index in [9.17, 15) is 38.4 Å². The van der Waals surface area contributed by atoms with Crippen LogP contribution >= 0.6 is 23.5 Å². The molecule has 0 saturated carbocycles. The van der Waals surface area contributed by atoms with E-state index in [1.807, 2.05) is 4.98 Å². The normalized spacial score (nSPS) is 26.0. The number of aromatic amines is 1. The third-order valence-corrected chi connectivity index (χ3v) is 8.34. The maximum Gasteiger partial charge on any atom is 0.490 e. The number of hydrogen-bond donors (Lipinski definition) is 7. The van der Waals surface area contributed by atoms with Crippen molar-refractivity contribution in [3.05, 3.63) is 33.2 Å². The minimum atomic E-state index is -5.78. The molecule has 3 unspecified atom stereocenters. The van der Waals surface area contributed by atoms with E-state index in [0.29, 0.717) is 11.1 Å². The van der Waals surface area contributed by atoms with E-state index < -0.39 is 65.9 Å². The highest BCUT2D eigenvalue weighted by Gasteiger charge is 2.47. The van der Waals surface area contributed by atoms with E-state index in [0.717, 1.165) is 6.20 Å². The van der Waals surface area contributed by atoms with Crippen LogP contribution in [-0.2, 0) is 38.1 Å². The second kappa shape index (κ2) is 10.5. The van der Waals surface area contributed by atoms with Crippen molar-refractivity contribution in [2.75, 3.05) is 6.61 Å². The minimum absolute atomic E-state index is 0.0732. The van der Waals surface area contributed by atoms with Crippen LogP contribution in [0.5, 0.6) is 0 Å². The van der Waals surface area contributed by atoms with Crippen LogP contribution in [-0.4, -0.2) is 79.3 Å². The van der Waals surface area contributed by atoms with Crippen LogP contribution in [0.3, 0.4) is 0 Å². The SMILES string of the molecule is CCn1cc(-c2cn([C@@H]3O[C@H](COP(=O)(O)OP(=O)(O)OP(=O)(O)O)C(O)[C@@H]3O)c(=O)[nH]c2=O)nn1. The van der Waals surface area contributed by atoms with E-state index in [2.05, 4.69) is 23.5 Å². The zero-order valence-electron chi connectivity index (χ0n) is 17.9. The number of aryl methyl sites for hydroxylation is 1. The second-order valence-electron chi connectivity index (χ2n) is 7.10. The summed E-state index contributed by atoms with van der Waals surface area (Å²) in [4.78, 5) is 62.3. The highest BCUT2D eigenvalue weighted by Crippen LogP contribution is 2.66. The Kier molecular flexibility index (Phi) is 8.34. The molecule has 1 saturated heterocycles. The van der Waals surface area contributed by atoms with Crippen molar-refractivity contribution in [3.63, 3.8) is 0 Å². The third kappa shape index (κ3) is 6.90. The summed E-state index contributed by atoms with van der Waals surface area (Å²) in [6, 6.07) is 0. The highest BCUT2D eigenvalue weighted by atomic mass is 31.3. The third-order valence-electron chi connectivity index (χ3n) is 4.54. The molecular weight excluding hydrogens is 559 g/mol. The molecular formula is C13H20N5O15P3. The van der Waals surface area contributed by atoms with Crippen molar-refractivity contribution in [2.45, 2.75) is 38.0 Å². The molecule has 23 heteroatoms. The van der Waals surface area contributed by atoms with E-state index in [1.54, 1.807) is 6.92 Å². The molecule has 0 bridgehead atoms. The Morgan fingerprint density at radius 1 is 1.06 bits per heavy atom. The van der Waals surface area contributed by atoms with E-state index in [-0.39, 0.29) is 11.3 Å². The Balaban J connectivity index is 1.77. The Bertz CT molecular complexity index is 1370. The smallest absolute Gasteiger partial charge is 0.387 e. The van der Waals surface area contributed by atoms with Gasteiger partial charge in [-0.2, -0.15) is 8.62 Å². The standard InChI is InChI=1S/C13H20N5O15P3/c1-2-17-4-7(15-16-17)6-3-18(13(22)14-11(6)21)12-10(20)9(19)8(31-12)5-30-35(26,27)33-36(28,29)32-34(23,24)25/h3-4,8-10,12,19-20H,2,5H2,1H3,(H,26,27)(H,28,29)(H,14,21,22)(H2,23,24,25)/t8-,9?,10+,12-/m1/s1. The fourth-order valence-electron chi connectivity index (χ4n) is 3.00. The number of aliphatic hydroxyl groups excluding tert-OH is 2. The summed E-state index contributed by atoms with van der Waals surface area (Å²) in [6.07, 6.45) is -4.60. The summed E-state index contributed by atoms with van der Waals surface area (Å²) in [7, 11) is -16.9.